The third kappa shape index (κ3) is 6.76. The Morgan fingerprint density at radius 3 is 0.878 bits per heavy atom. The highest BCUT2D eigenvalue weighted by Gasteiger charge is 2.41. The molecule has 1 aliphatic rings. The molecule has 0 saturated carbocycles. The highest BCUT2D eigenvalue weighted by molar-refractivity contribution is 7.20. The van der Waals surface area contributed by atoms with Crippen molar-refractivity contribution in [3.63, 3.8) is 0 Å². The number of hydrogen-bond donors (Lipinski definition) is 0. The molecule has 0 N–H and O–H groups in total. The van der Waals surface area contributed by atoms with Crippen molar-refractivity contribution in [1.29, 1.82) is 0 Å². The van der Waals surface area contributed by atoms with E-state index in [4.69, 9.17) is 0 Å². The number of benzene rings is 13. The van der Waals surface area contributed by atoms with Gasteiger partial charge in [0.2, 0.25) is 0 Å². The zero-order valence-corrected chi connectivity index (χ0v) is 45.8. The predicted octanol–water partition coefficient (Wildman–Crippen LogP) is 17.3. The summed E-state index contributed by atoms with van der Waals surface area (Å²) in [5.41, 5.74) is 20.2. The summed E-state index contributed by atoms with van der Waals surface area (Å²) in [6.45, 7) is 0. The number of hydrogen-bond acceptors (Lipinski definition) is 0. The fourth-order valence-corrected chi connectivity index (χ4v) is 19.1. The van der Waals surface area contributed by atoms with Crippen molar-refractivity contribution in [2.24, 2.45) is 0 Å². The van der Waals surface area contributed by atoms with E-state index in [2.05, 4.69) is 323 Å². The van der Waals surface area contributed by atoms with Gasteiger partial charge >= 0.3 is 0 Å². The number of fused-ring (bicyclic) bond motifs is 17. The van der Waals surface area contributed by atoms with Gasteiger partial charge in [0.25, 0.3) is 0 Å². The Balaban J connectivity index is 0.877. The van der Waals surface area contributed by atoms with Crippen molar-refractivity contribution in [3.8, 4) is 61.6 Å². The molecule has 0 bridgehead atoms. The van der Waals surface area contributed by atoms with Gasteiger partial charge in [0.15, 0.2) is 8.07 Å². The second-order valence-electron chi connectivity index (χ2n) is 21.9. The van der Waals surface area contributed by atoms with Crippen LogP contribution in [0.4, 0.5) is 0 Å². The van der Waals surface area contributed by atoms with Crippen molar-refractivity contribution < 1.29 is 0 Å². The number of rotatable bonds is 7. The third-order valence-corrected chi connectivity index (χ3v) is 22.5. The van der Waals surface area contributed by atoms with Crippen LogP contribution in [0.5, 0.6) is 0 Å². The van der Waals surface area contributed by atoms with Crippen LogP contribution in [-0.2, 0) is 0 Å². The van der Waals surface area contributed by atoms with Crippen LogP contribution in [0.3, 0.4) is 0 Å². The molecule has 0 atom stereocenters. The van der Waals surface area contributed by atoms with Crippen molar-refractivity contribution in [3.05, 3.63) is 309 Å². The Morgan fingerprint density at radius 1 is 0.171 bits per heavy atom. The van der Waals surface area contributed by atoms with Crippen LogP contribution in [0.15, 0.2) is 309 Å². The van der Waals surface area contributed by atoms with Gasteiger partial charge in [-0.05, 0) is 138 Å². The molecule has 13 aromatic carbocycles. The summed E-state index contributed by atoms with van der Waals surface area (Å²) in [7, 11) is -2.81. The van der Waals surface area contributed by atoms with Gasteiger partial charge in [0.1, 0.15) is 0 Å². The molecule has 4 heteroatoms. The van der Waals surface area contributed by atoms with Crippen molar-refractivity contribution >= 4 is 94.2 Å². The summed E-state index contributed by atoms with van der Waals surface area (Å²) in [6.07, 6.45) is 0. The van der Waals surface area contributed by atoms with Gasteiger partial charge in [-0.25, -0.2) is 0 Å². The number of para-hydroxylation sites is 4. The molecule has 0 saturated heterocycles. The molecule has 3 nitrogen and oxygen atoms in total. The van der Waals surface area contributed by atoms with Gasteiger partial charge < -0.3 is 13.7 Å². The monoisotopic (exact) mass is 1060 g/mol. The molecule has 3 aromatic heterocycles. The van der Waals surface area contributed by atoms with Gasteiger partial charge in [-0.1, -0.05) is 237 Å². The van der Waals surface area contributed by atoms with E-state index in [1.165, 1.54) is 131 Å². The summed E-state index contributed by atoms with van der Waals surface area (Å²) in [5.74, 6) is 0. The van der Waals surface area contributed by atoms with Gasteiger partial charge in [0.05, 0.1) is 33.1 Å². The van der Waals surface area contributed by atoms with Crippen LogP contribution in [0.2, 0.25) is 0 Å². The molecule has 382 valence electrons. The minimum absolute atomic E-state index is 1.12. The molecule has 17 rings (SSSR count). The normalized spacial score (nSPS) is 12.1. The van der Waals surface area contributed by atoms with E-state index in [0.717, 1.165) is 17.1 Å². The largest absolute Gasteiger partial charge is 0.309 e. The third-order valence-electron chi connectivity index (χ3n) is 17.8. The zero-order chi connectivity index (χ0) is 53.9. The lowest BCUT2D eigenvalue weighted by Gasteiger charge is -2.34. The van der Waals surface area contributed by atoms with E-state index in [0.29, 0.717) is 0 Å². The van der Waals surface area contributed by atoms with E-state index in [9.17, 15) is 0 Å². The Labute approximate surface area is 476 Å². The van der Waals surface area contributed by atoms with Gasteiger partial charge in [-0.2, -0.15) is 0 Å². The maximum Gasteiger partial charge on any atom is 0.179 e. The predicted molar refractivity (Wildman–Crippen MR) is 348 cm³/mol. The van der Waals surface area contributed by atoms with E-state index in [1.807, 2.05) is 0 Å². The fourth-order valence-electron chi connectivity index (χ4n) is 14.3. The molecule has 16 aromatic rings. The Kier molecular flexibility index (Phi) is 10.3. The summed E-state index contributed by atoms with van der Waals surface area (Å²) in [5, 5.41) is 12.9. The lowest BCUT2D eigenvalue weighted by molar-refractivity contribution is 1.16. The topological polar surface area (TPSA) is 14.8 Å². The molecule has 1 aliphatic carbocycles. The summed E-state index contributed by atoms with van der Waals surface area (Å²) in [4.78, 5) is 0. The molecule has 0 unspecified atom stereocenters. The van der Waals surface area contributed by atoms with Crippen LogP contribution in [0, 0.1) is 0 Å². The number of aromatic nitrogens is 3. The summed E-state index contributed by atoms with van der Waals surface area (Å²) in [6, 6.07) is 116. The smallest absolute Gasteiger partial charge is 0.179 e. The van der Waals surface area contributed by atoms with Crippen LogP contribution < -0.4 is 20.7 Å². The van der Waals surface area contributed by atoms with Crippen LogP contribution in [0.25, 0.3) is 127 Å². The van der Waals surface area contributed by atoms with Crippen molar-refractivity contribution in [2.75, 3.05) is 0 Å². The molecule has 0 spiro atoms. The molecule has 0 radical (unpaired) electrons. The molecule has 0 amide bonds. The first-order valence-corrected chi connectivity index (χ1v) is 30.4. The van der Waals surface area contributed by atoms with Crippen LogP contribution >= 0.6 is 0 Å². The highest BCUT2D eigenvalue weighted by Crippen LogP contribution is 2.50. The maximum absolute atomic E-state index is 2.81. The van der Waals surface area contributed by atoms with E-state index < -0.39 is 8.07 Å². The molecule has 0 aliphatic heterocycles. The van der Waals surface area contributed by atoms with Gasteiger partial charge in [0, 0.05) is 49.4 Å². The second kappa shape index (κ2) is 18.3. The Bertz CT molecular complexity index is 5070. The van der Waals surface area contributed by atoms with Crippen LogP contribution in [0.1, 0.15) is 0 Å². The molecule has 82 heavy (non-hydrogen) atoms. The van der Waals surface area contributed by atoms with E-state index in [-0.39, 0.29) is 0 Å². The number of nitrogens with zero attached hydrogens (tertiary/aromatic N) is 3. The quantitative estimate of drug-likeness (QED) is 0.112. The Morgan fingerprint density at radius 2 is 0.451 bits per heavy atom. The average Bonchev–Trinajstić information content (AvgIpc) is 2.36. The minimum Gasteiger partial charge on any atom is -0.309 e. The first kappa shape index (κ1) is 46.4. The fraction of sp³-hybridized carbons (Fsp3) is 0. The lowest BCUT2D eigenvalue weighted by Crippen LogP contribution is -2.74. The Hall–Kier alpha value is -10.5. The van der Waals surface area contributed by atoms with Crippen molar-refractivity contribution in [2.45, 2.75) is 0 Å². The molecular formula is C78H51N3Si. The highest BCUT2D eigenvalue weighted by atomic mass is 28.3. The molecular weight excluding hydrogens is 1010 g/mol. The zero-order valence-electron chi connectivity index (χ0n) is 44.8. The molecule has 0 fully saturated rings. The lowest BCUT2D eigenvalue weighted by atomic mass is 9.80. The maximum atomic E-state index is 2.53. The molecule has 3 heterocycles. The summed E-state index contributed by atoms with van der Waals surface area (Å²) < 4.78 is 7.41. The SMILES string of the molecule is c1ccc([Si](c2ccccc2)(c2ccccc2)c2ccc3c(c2)c2ccccc2n3-c2ccc3c(c2)-c2ccc(-n4c5ccccc5c5cc(-n6c7ccccc7c7ccccc76)ccc54)cc2-c2ccccc2-c2ccccc2-3)cc1. The van der Waals surface area contributed by atoms with E-state index in [1.54, 1.807) is 0 Å². The first-order chi connectivity index (χ1) is 40.7. The van der Waals surface area contributed by atoms with Gasteiger partial charge in [-0.3, -0.25) is 0 Å². The van der Waals surface area contributed by atoms with Crippen molar-refractivity contribution in [1.82, 2.24) is 13.7 Å². The van der Waals surface area contributed by atoms with Crippen LogP contribution in [-0.4, -0.2) is 21.8 Å². The standard InChI is InChI=1S/C78H51N3Si/c1-4-22-55(23-5-1)82(56-24-6-2-7-25-56,57-26-8-3-9-27-57)58-43-47-78-72(51-58)68-35-17-21-39-76(68)81(78)52-40-44-63-61-30-11-10-28-59(61)60-29-12-13-31-62(60)69-48-53(41-45-64(69)70(63)49-52)80-75-38-20-16-34-67(75)71-50-54(42-46-77(71)80)79-73-36-18-14-32-65(73)66-33-15-19-37-74(66)79/h1-51H. The van der Waals surface area contributed by atoms with E-state index >= 15 is 0 Å². The summed E-state index contributed by atoms with van der Waals surface area (Å²) >= 11 is 0. The average molecular weight is 1060 g/mol. The van der Waals surface area contributed by atoms with Gasteiger partial charge in [-0.15, -0.1) is 0 Å². The first-order valence-electron chi connectivity index (χ1n) is 28.4. The second-order valence-corrected chi connectivity index (χ2v) is 25.7. The minimum atomic E-state index is -2.81.